The molecule has 0 aromatic heterocycles. The van der Waals surface area contributed by atoms with Gasteiger partial charge in [0.25, 0.3) is 8.32 Å². The van der Waals surface area contributed by atoms with Gasteiger partial charge >= 0.3 is 0 Å². The molecule has 2 unspecified atom stereocenters. The van der Waals surface area contributed by atoms with Gasteiger partial charge in [-0.2, -0.15) is 0 Å². The average Bonchev–Trinajstić information content (AvgIpc) is 3.31. The second kappa shape index (κ2) is 12.5. The zero-order valence-electron chi connectivity index (χ0n) is 25.6. The van der Waals surface area contributed by atoms with Gasteiger partial charge in [0.2, 0.25) is 0 Å². The van der Waals surface area contributed by atoms with E-state index in [0.29, 0.717) is 32.7 Å². The van der Waals surface area contributed by atoms with Crippen molar-refractivity contribution in [2.45, 2.75) is 82.0 Å². The van der Waals surface area contributed by atoms with Crippen molar-refractivity contribution in [3.05, 3.63) is 96.3 Å². The van der Waals surface area contributed by atoms with Crippen LogP contribution in [0.5, 0.6) is 0 Å². The van der Waals surface area contributed by atoms with Crippen LogP contribution in [0.3, 0.4) is 0 Å². The van der Waals surface area contributed by atoms with Gasteiger partial charge in [-0.1, -0.05) is 93.6 Å². The Morgan fingerprint density at radius 1 is 0.884 bits per heavy atom. The molecule has 5 nitrogen and oxygen atoms in total. The van der Waals surface area contributed by atoms with Crippen molar-refractivity contribution < 1.29 is 28.1 Å². The number of fused-ring (bicyclic) bond motifs is 1. The number of aliphatic hydroxyl groups excluding tert-OH is 1. The number of hydrogen-bond acceptors (Lipinski definition) is 5. The summed E-state index contributed by atoms with van der Waals surface area (Å²) >= 11 is 0. The van der Waals surface area contributed by atoms with Crippen LogP contribution in [0, 0.1) is 17.7 Å². The lowest BCUT2D eigenvalue weighted by atomic mass is 9.67. The zero-order chi connectivity index (χ0) is 30.1. The Kier molecular flexibility index (Phi) is 8.93. The summed E-state index contributed by atoms with van der Waals surface area (Å²) < 4.78 is 40.4. The second-order valence-electron chi connectivity index (χ2n) is 13.6. The van der Waals surface area contributed by atoms with Crippen LogP contribution in [-0.4, -0.2) is 51.9 Å². The van der Waals surface area contributed by atoms with Crippen LogP contribution >= 0.6 is 0 Å². The Morgan fingerprint density at radius 2 is 1.53 bits per heavy atom. The van der Waals surface area contributed by atoms with Crippen molar-refractivity contribution >= 4 is 18.7 Å². The number of rotatable bonds is 8. The van der Waals surface area contributed by atoms with Gasteiger partial charge in [-0.3, -0.25) is 0 Å². The van der Waals surface area contributed by atoms with Gasteiger partial charge in [-0.25, -0.2) is 4.39 Å². The Morgan fingerprint density at radius 3 is 2.12 bits per heavy atom. The van der Waals surface area contributed by atoms with Crippen molar-refractivity contribution in [3.8, 4) is 0 Å². The molecule has 3 aromatic rings. The van der Waals surface area contributed by atoms with Crippen LogP contribution in [0.15, 0.2) is 84.9 Å². The van der Waals surface area contributed by atoms with E-state index in [1.807, 2.05) is 12.1 Å². The SMILES string of the molecule is CC(C)(C)[Si](OC[C@@H]1[C@H]2COC(O)C[C@@]2(c2ccc(F)cc2)C[C@H]1OC1CCCCO1)(c1ccccc1)c1ccccc1. The van der Waals surface area contributed by atoms with Crippen molar-refractivity contribution in [1.29, 1.82) is 0 Å². The zero-order valence-corrected chi connectivity index (χ0v) is 26.6. The Balaban J connectivity index is 1.41. The molecule has 0 bridgehead atoms. The predicted octanol–water partition coefficient (Wildman–Crippen LogP) is 5.93. The van der Waals surface area contributed by atoms with E-state index in [2.05, 4.69) is 81.4 Å². The molecule has 6 rings (SSSR count). The molecule has 0 amide bonds. The summed E-state index contributed by atoms with van der Waals surface area (Å²) in [7, 11) is -2.81. The molecule has 0 spiro atoms. The lowest BCUT2D eigenvalue weighted by Gasteiger charge is -2.46. The van der Waals surface area contributed by atoms with Gasteiger partial charge in [0.05, 0.1) is 12.7 Å². The molecule has 2 heterocycles. The molecule has 2 saturated heterocycles. The number of ether oxygens (including phenoxy) is 3. The van der Waals surface area contributed by atoms with Crippen LogP contribution in [0.25, 0.3) is 0 Å². The summed E-state index contributed by atoms with van der Waals surface area (Å²) in [5.41, 5.74) is 0.594. The predicted molar refractivity (Wildman–Crippen MR) is 168 cm³/mol. The fourth-order valence-electron chi connectivity index (χ4n) is 8.03. The number of benzene rings is 3. The van der Waals surface area contributed by atoms with E-state index < -0.39 is 20.0 Å². The van der Waals surface area contributed by atoms with E-state index in [1.54, 1.807) is 0 Å². The Labute approximate surface area is 256 Å². The maximum atomic E-state index is 14.1. The first-order valence-electron chi connectivity index (χ1n) is 15.8. The highest BCUT2D eigenvalue weighted by Crippen LogP contribution is 2.56. The van der Waals surface area contributed by atoms with Crippen LogP contribution in [0.4, 0.5) is 4.39 Å². The minimum absolute atomic E-state index is 0.00951. The number of aliphatic hydroxyl groups is 1. The van der Waals surface area contributed by atoms with Crippen LogP contribution in [0.2, 0.25) is 5.04 Å². The van der Waals surface area contributed by atoms with Crippen molar-refractivity contribution in [2.75, 3.05) is 19.8 Å². The summed E-state index contributed by atoms with van der Waals surface area (Å²) in [6.07, 6.45) is 2.82. The summed E-state index contributed by atoms with van der Waals surface area (Å²) in [5.74, 6) is -0.254. The van der Waals surface area contributed by atoms with Gasteiger partial charge in [0.15, 0.2) is 12.6 Å². The van der Waals surface area contributed by atoms with E-state index in [4.69, 9.17) is 18.6 Å². The minimum Gasteiger partial charge on any atom is -0.407 e. The van der Waals surface area contributed by atoms with Gasteiger partial charge in [0.1, 0.15) is 5.82 Å². The van der Waals surface area contributed by atoms with E-state index >= 15 is 0 Å². The average molecular weight is 605 g/mol. The summed E-state index contributed by atoms with van der Waals surface area (Å²) in [5, 5.41) is 13.1. The standard InChI is InChI=1S/C36H45FO5Si/c1-35(2,3)43(28-12-6-4-7-13-28,29-14-8-5-9-15-29)41-24-30-31-25-40-33(38)23-36(31,26-17-19-27(37)20-18-26)22-32(30)42-34-16-10-11-21-39-34/h4-9,12-15,17-20,30-34,38H,10-11,16,21-25H2,1-3H3/t30-,31-,32-,33?,34?,36-/m1/s1. The number of hydrogen-bond donors (Lipinski definition) is 1. The fourth-order valence-corrected chi connectivity index (χ4v) is 12.6. The number of halogens is 1. The molecule has 6 atom stereocenters. The molecule has 1 N–H and O–H groups in total. The normalized spacial score (nSPS) is 29.7. The summed E-state index contributed by atoms with van der Waals surface area (Å²) in [6, 6.07) is 28.2. The van der Waals surface area contributed by atoms with Gasteiger partial charge < -0.3 is 23.7 Å². The van der Waals surface area contributed by atoms with Crippen LogP contribution < -0.4 is 10.4 Å². The first-order chi connectivity index (χ1) is 20.7. The monoisotopic (exact) mass is 604 g/mol. The van der Waals surface area contributed by atoms with Crippen molar-refractivity contribution in [2.24, 2.45) is 11.8 Å². The highest BCUT2D eigenvalue weighted by atomic mass is 28.4. The van der Waals surface area contributed by atoms with Gasteiger partial charge in [-0.05, 0) is 64.7 Å². The summed E-state index contributed by atoms with van der Waals surface area (Å²) in [6.45, 7) is 8.45. The molecule has 7 heteroatoms. The molecular weight excluding hydrogens is 559 g/mol. The maximum Gasteiger partial charge on any atom is 0.261 e. The lowest BCUT2D eigenvalue weighted by Crippen LogP contribution is -2.67. The van der Waals surface area contributed by atoms with E-state index in [9.17, 15) is 9.50 Å². The van der Waals surface area contributed by atoms with Crippen molar-refractivity contribution in [1.82, 2.24) is 0 Å². The largest absolute Gasteiger partial charge is 0.407 e. The molecule has 3 aromatic carbocycles. The molecule has 1 saturated carbocycles. The third-order valence-electron chi connectivity index (χ3n) is 10.1. The second-order valence-corrected chi connectivity index (χ2v) is 17.9. The Hall–Kier alpha value is -2.39. The van der Waals surface area contributed by atoms with Crippen LogP contribution in [0.1, 0.15) is 58.4 Å². The smallest absolute Gasteiger partial charge is 0.261 e. The highest BCUT2D eigenvalue weighted by molar-refractivity contribution is 6.99. The van der Waals surface area contributed by atoms with E-state index in [0.717, 1.165) is 24.8 Å². The minimum atomic E-state index is -2.81. The fraction of sp³-hybridized carbons (Fsp3) is 0.500. The molecular formula is C36H45FO5Si. The van der Waals surface area contributed by atoms with Crippen LogP contribution in [-0.2, 0) is 24.1 Å². The van der Waals surface area contributed by atoms with E-state index in [1.165, 1.54) is 22.5 Å². The molecule has 43 heavy (non-hydrogen) atoms. The third-order valence-corrected chi connectivity index (χ3v) is 15.1. The summed E-state index contributed by atoms with van der Waals surface area (Å²) in [4.78, 5) is 0. The molecule has 3 fully saturated rings. The van der Waals surface area contributed by atoms with Gasteiger partial charge in [0, 0.05) is 31.0 Å². The molecule has 3 aliphatic rings. The van der Waals surface area contributed by atoms with Gasteiger partial charge in [-0.15, -0.1) is 0 Å². The highest BCUT2D eigenvalue weighted by Gasteiger charge is 2.59. The lowest BCUT2D eigenvalue weighted by molar-refractivity contribution is -0.199. The first kappa shape index (κ1) is 30.6. The maximum absolute atomic E-state index is 14.1. The molecule has 1 aliphatic carbocycles. The van der Waals surface area contributed by atoms with Crippen molar-refractivity contribution in [3.63, 3.8) is 0 Å². The molecule has 2 aliphatic heterocycles. The topological polar surface area (TPSA) is 57.2 Å². The molecule has 0 radical (unpaired) electrons. The quantitative estimate of drug-likeness (QED) is 0.323. The van der Waals surface area contributed by atoms with E-state index in [-0.39, 0.29) is 35.1 Å². The Bertz CT molecular complexity index is 1290. The third kappa shape index (κ3) is 5.88. The molecule has 230 valence electrons. The first-order valence-corrected chi connectivity index (χ1v) is 17.7.